The second-order valence-corrected chi connectivity index (χ2v) is 4.92. The number of benzene rings is 1. The summed E-state index contributed by atoms with van der Waals surface area (Å²) in [6, 6.07) is 8.42. The minimum absolute atomic E-state index is 0.138. The van der Waals surface area contributed by atoms with Crippen molar-refractivity contribution in [1.82, 2.24) is 15.1 Å². The quantitative estimate of drug-likeness (QED) is 0.838. The van der Waals surface area contributed by atoms with Crippen molar-refractivity contribution in [2.24, 2.45) is 7.05 Å². The summed E-state index contributed by atoms with van der Waals surface area (Å²) in [6.07, 6.45) is 3.25. The number of carbonyl (C=O) groups is 1. The van der Waals surface area contributed by atoms with Crippen molar-refractivity contribution >= 4 is 11.6 Å². The van der Waals surface area contributed by atoms with Gasteiger partial charge >= 0.3 is 0 Å². The van der Waals surface area contributed by atoms with Crippen LogP contribution in [0.1, 0.15) is 21.6 Å². The van der Waals surface area contributed by atoms with E-state index < -0.39 is 0 Å². The number of fused-ring (bicyclic) bond motifs is 1. The summed E-state index contributed by atoms with van der Waals surface area (Å²) in [4.78, 5) is 12.2. The lowest BCUT2D eigenvalue weighted by Crippen LogP contribution is -2.36. The topological polar surface area (TPSA) is 72.9 Å². The maximum absolute atomic E-state index is 12.2. The molecule has 0 fully saturated rings. The van der Waals surface area contributed by atoms with Gasteiger partial charge in [0.2, 0.25) is 0 Å². The Kier molecular flexibility index (Phi) is 2.74. The molecule has 0 unspecified atom stereocenters. The van der Waals surface area contributed by atoms with Gasteiger partial charge < -0.3 is 11.1 Å². The number of anilines is 1. The van der Waals surface area contributed by atoms with Gasteiger partial charge in [-0.3, -0.25) is 9.48 Å². The first-order valence-corrected chi connectivity index (χ1v) is 6.30. The van der Waals surface area contributed by atoms with E-state index >= 15 is 0 Å². The van der Waals surface area contributed by atoms with Gasteiger partial charge in [0.25, 0.3) is 5.91 Å². The van der Waals surface area contributed by atoms with Crippen LogP contribution in [0.25, 0.3) is 0 Å². The molecular formula is C14H16N4O. The van der Waals surface area contributed by atoms with Gasteiger partial charge in [-0.15, -0.1) is 0 Å². The fraction of sp³-hybridized carbons (Fsp3) is 0.286. The minimum Gasteiger partial charge on any atom is -0.396 e. The van der Waals surface area contributed by atoms with E-state index in [0.717, 1.165) is 12.8 Å². The fourth-order valence-electron chi connectivity index (χ4n) is 2.65. The maximum atomic E-state index is 12.2. The number of nitrogen functional groups attached to an aromatic ring is 1. The number of nitrogens with zero attached hydrogens (tertiary/aromatic N) is 2. The third-order valence-electron chi connectivity index (χ3n) is 3.57. The molecule has 2 aromatic rings. The molecule has 0 saturated carbocycles. The second-order valence-electron chi connectivity index (χ2n) is 4.92. The van der Waals surface area contributed by atoms with Crippen LogP contribution in [0.15, 0.2) is 30.5 Å². The van der Waals surface area contributed by atoms with Crippen LogP contribution in [0.3, 0.4) is 0 Å². The number of amides is 1. The molecule has 1 heterocycles. The lowest BCUT2D eigenvalue weighted by Gasteiger charge is -2.12. The summed E-state index contributed by atoms with van der Waals surface area (Å²) < 4.78 is 1.51. The van der Waals surface area contributed by atoms with Crippen LogP contribution in [-0.4, -0.2) is 21.7 Å². The molecule has 1 amide bonds. The van der Waals surface area contributed by atoms with Crippen molar-refractivity contribution in [3.63, 3.8) is 0 Å². The van der Waals surface area contributed by atoms with Crippen LogP contribution in [0.5, 0.6) is 0 Å². The van der Waals surface area contributed by atoms with Crippen molar-refractivity contribution in [3.05, 3.63) is 47.3 Å². The highest BCUT2D eigenvalue weighted by atomic mass is 16.2. The van der Waals surface area contributed by atoms with Crippen molar-refractivity contribution in [2.75, 3.05) is 5.73 Å². The molecule has 19 heavy (non-hydrogen) atoms. The summed E-state index contributed by atoms with van der Waals surface area (Å²) in [6.45, 7) is 0. The van der Waals surface area contributed by atoms with E-state index in [2.05, 4.69) is 22.5 Å². The standard InChI is InChI=1S/C14H16N4O/c1-18-13(12(15)8-16-18)14(19)17-11-6-9-4-2-3-5-10(9)7-11/h2-5,8,11H,6-7,15H2,1H3,(H,17,19). The predicted octanol–water partition coefficient (Wildman–Crippen LogP) is 0.900. The van der Waals surface area contributed by atoms with Crippen molar-refractivity contribution in [1.29, 1.82) is 0 Å². The van der Waals surface area contributed by atoms with Crippen LogP contribution >= 0.6 is 0 Å². The highest BCUT2D eigenvalue weighted by molar-refractivity contribution is 5.97. The Labute approximate surface area is 111 Å². The monoisotopic (exact) mass is 256 g/mol. The highest BCUT2D eigenvalue weighted by Crippen LogP contribution is 2.22. The molecule has 3 N–H and O–H groups in total. The van der Waals surface area contributed by atoms with Gasteiger partial charge in [0, 0.05) is 13.1 Å². The van der Waals surface area contributed by atoms with Gasteiger partial charge in [-0.2, -0.15) is 5.10 Å². The van der Waals surface area contributed by atoms with Crippen molar-refractivity contribution in [2.45, 2.75) is 18.9 Å². The zero-order chi connectivity index (χ0) is 13.4. The van der Waals surface area contributed by atoms with E-state index in [1.807, 2.05) is 12.1 Å². The first-order valence-electron chi connectivity index (χ1n) is 6.30. The number of aromatic nitrogens is 2. The van der Waals surface area contributed by atoms with E-state index in [1.54, 1.807) is 7.05 Å². The third-order valence-corrected chi connectivity index (χ3v) is 3.57. The average molecular weight is 256 g/mol. The molecule has 0 bridgehead atoms. The van der Waals surface area contributed by atoms with Gasteiger partial charge in [-0.05, 0) is 24.0 Å². The van der Waals surface area contributed by atoms with E-state index in [-0.39, 0.29) is 11.9 Å². The molecule has 0 saturated heterocycles. The first kappa shape index (κ1) is 11.8. The zero-order valence-electron chi connectivity index (χ0n) is 10.8. The lowest BCUT2D eigenvalue weighted by atomic mass is 10.1. The number of carbonyl (C=O) groups excluding carboxylic acids is 1. The lowest BCUT2D eigenvalue weighted by molar-refractivity contribution is 0.0930. The van der Waals surface area contributed by atoms with Crippen LogP contribution < -0.4 is 11.1 Å². The van der Waals surface area contributed by atoms with Crippen molar-refractivity contribution in [3.8, 4) is 0 Å². The van der Waals surface area contributed by atoms with Crippen molar-refractivity contribution < 1.29 is 4.79 Å². The first-order chi connectivity index (χ1) is 9.15. The Morgan fingerprint density at radius 2 is 2.00 bits per heavy atom. The molecule has 1 aliphatic rings. The molecule has 0 aliphatic heterocycles. The number of nitrogens with one attached hydrogen (secondary N) is 1. The third kappa shape index (κ3) is 2.07. The van der Waals surface area contributed by atoms with Gasteiger partial charge in [0.15, 0.2) is 0 Å². The number of hydrogen-bond donors (Lipinski definition) is 2. The maximum Gasteiger partial charge on any atom is 0.271 e. The Hall–Kier alpha value is -2.30. The average Bonchev–Trinajstić information content (AvgIpc) is 2.92. The Bertz CT molecular complexity index is 588. The molecule has 0 atom stereocenters. The number of aryl methyl sites for hydroxylation is 1. The largest absolute Gasteiger partial charge is 0.396 e. The fourth-order valence-corrected chi connectivity index (χ4v) is 2.65. The Balaban J connectivity index is 1.73. The van der Waals surface area contributed by atoms with Gasteiger partial charge in [0.1, 0.15) is 5.69 Å². The summed E-state index contributed by atoms with van der Waals surface area (Å²) in [5, 5.41) is 7.01. The highest BCUT2D eigenvalue weighted by Gasteiger charge is 2.24. The molecular weight excluding hydrogens is 240 g/mol. The summed E-state index contributed by atoms with van der Waals surface area (Å²) in [5.41, 5.74) is 9.22. The van der Waals surface area contributed by atoms with E-state index in [1.165, 1.54) is 22.0 Å². The smallest absolute Gasteiger partial charge is 0.271 e. The zero-order valence-corrected chi connectivity index (χ0v) is 10.8. The van der Waals surface area contributed by atoms with Crippen LogP contribution in [0, 0.1) is 0 Å². The molecule has 0 spiro atoms. The Morgan fingerprint density at radius 1 is 1.37 bits per heavy atom. The molecule has 0 radical (unpaired) electrons. The Morgan fingerprint density at radius 3 is 2.53 bits per heavy atom. The van der Waals surface area contributed by atoms with Gasteiger partial charge in [-0.1, -0.05) is 24.3 Å². The minimum atomic E-state index is -0.157. The van der Waals surface area contributed by atoms with Gasteiger partial charge in [0.05, 0.1) is 11.9 Å². The van der Waals surface area contributed by atoms with E-state index in [0.29, 0.717) is 11.4 Å². The summed E-state index contributed by atoms with van der Waals surface area (Å²) in [5.74, 6) is -0.157. The number of nitrogens with two attached hydrogens (primary N) is 1. The molecule has 1 aromatic heterocycles. The van der Waals surface area contributed by atoms with E-state index in [9.17, 15) is 4.79 Å². The molecule has 3 rings (SSSR count). The predicted molar refractivity (Wildman–Crippen MR) is 72.7 cm³/mol. The molecule has 5 nitrogen and oxygen atoms in total. The molecule has 1 aliphatic carbocycles. The van der Waals surface area contributed by atoms with Crippen LogP contribution in [0.4, 0.5) is 5.69 Å². The van der Waals surface area contributed by atoms with Crippen LogP contribution in [0.2, 0.25) is 0 Å². The second kappa shape index (κ2) is 4.42. The van der Waals surface area contributed by atoms with Gasteiger partial charge in [-0.25, -0.2) is 0 Å². The summed E-state index contributed by atoms with van der Waals surface area (Å²) >= 11 is 0. The number of rotatable bonds is 2. The summed E-state index contributed by atoms with van der Waals surface area (Å²) in [7, 11) is 1.72. The molecule has 98 valence electrons. The molecule has 5 heteroatoms. The normalized spacial score (nSPS) is 14.4. The van der Waals surface area contributed by atoms with E-state index in [4.69, 9.17) is 5.73 Å². The molecule has 1 aromatic carbocycles. The number of hydrogen-bond acceptors (Lipinski definition) is 3. The SMILES string of the molecule is Cn1ncc(N)c1C(=O)NC1Cc2ccccc2C1. The van der Waals surface area contributed by atoms with Crippen LogP contribution in [-0.2, 0) is 19.9 Å².